The summed E-state index contributed by atoms with van der Waals surface area (Å²) >= 11 is 0. The van der Waals surface area contributed by atoms with Gasteiger partial charge in [0.25, 0.3) is 0 Å². The van der Waals surface area contributed by atoms with Crippen LogP contribution in [0.5, 0.6) is 0 Å². The second-order valence-corrected chi connectivity index (χ2v) is 2.71. The predicted molar refractivity (Wildman–Crippen MR) is 39.4 cm³/mol. The number of nitrogens with one attached hydrogen (secondary N) is 1. The molecule has 0 saturated carbocycles. The molecule has 1 fully saturated rings. The Morgan fingerprint density at radius 1 is 1.80 bits per heavy atom. The van der Waals surface area contributed by atoms with Crippen LogP contribution < -0.4 is 5.32 Å². The van der Waals surface area contributed by atoms with E-state index in [0.717, 1.165) is 19.5 Å². The lowest BCUT2D eigenvalue weighted by Crippen LogP contribution is -2.57. The van der Waals surface area contributed by atoms with Crippen molar-refractivity contribution in [3.8, 4) is 12.3 Å². The second kappa shape index (κ2) is 2.43. The van der Waals surface area contributed by atoms with Crippen molar-refractivity contribution in [2.24, 2.45) is 5.41 Å². The quantitative estimate of drug-likeness (QED) is 0.435. The molecule has 0 radical (unpaired) electrons. The molecule has 10 heavy (non-hydrogen) atoms. The van der Waals surface area contributed by atoms with Crippen LogP contribution >= 0.6 is 0 Å². The van der Waals surface area contributed by atoms with Crippen molar-refractivity contribution in [3.05, 3.63) is 0 Å². The Hall–Kier alpha value is -0.810. The standard InChI is InChI=1S/C8H11NO/c1-3-7(10)8(4-2)5-9-6-8/h1,9H,4-6H2,2H3. The fourth-order valence-electron chi connectivity index (χ4n) is 1.15. The van der Waals surface area contributed by atoms with Crippen LogP contribution in [0.2, 0.25) is 0 Å². The van der Waals surface area contributed by atoms with E-state index < -0.39 is 0 Å². The van der Waals surface area contributed by atoms with Gasteiger partial charge in [0, 0.05) is 13.1 Å². The second-order valence-electron chi connectivity index (χ2n) is 2.71. The first-order chi connectivity index (χ1) is 4.75. The van der Waals surface area contributed by atoms with Crippen LogP contribution in [0.1, 0.15) is 13.3 Å². The minimum atomic E-state index is -0.214. The van der Waals surface area contributed by atoms with Crippen molar-refractivity contribution in [2.75, 3.05) is 13.1 Å². The number of rotatable bonds is 2. The molecule has 0 amide bonds. The number of Topliss-reactive ketones (excluding diaryl/α,β-unsaturated/α-hetero) is 1. The maximum atomic E-state index is 11.1. The third-order valence-corrected chi connectivity index (χ3v) is 2.22. The van der Waals surface area contributed by atoms with Crippen LogP contribution in [0.3, 0.4) is 0 Å². The normalized spacial score (nSPS) is 20.8. The average molecular weight is 137 g/mol. The Balaban J connectivity index is 2.67. The third kappa shape index (κ3) is 0.833. The zero-order chi connectivity index (χ0) is 7.61. The van der Waals surface area contributed by atoms with E-state index in [1.807, 2.05) is 6.92 Å². The first kappa shape index (κ1) is 7.30. The van der Waals surface area contributed by atoms with Crippen LogP contribution in [-0.2, 0) is 4.79 Å². The predicted octanol–water partition coefficient (Wildman–Crippen LogP) is 0.188. The van der Waals surface area contributed by atoms with E-state index in [4.69, 9.17) is 6.42 Å². The monoisotopic (exact) mass is 137 g/mol. The summed E-state index contributed by atoms with van der Waals surface area (Å²) in [5, 5.41) is 3.05. The zero-order valence-electron chi connectivity index (χ0n) is 6.11. The van der Waals surface area contributed by atoms with Gasteiger partial charge < -0.3 is 5.32 Å². The summed E-state index contributed by atoms with van der Waals surface area (Å²) in [6.45, 7) is 3.51. The lowest BCUT2D eigenvalue weighted by molar-refractivity contribution is -0.125. The van der Waals surface area contributed by atoms with Gasteiger partial charge in [-0.1, -0.05) is 6.92 Å². The number of ketones is 1. The molecule has 0 unspecified atom stereocenters. The molecule has 0 aromatic carbocycles. The van der Waals surface area contributed by atoms with Crippen molar-refractivity contribution in [2.45, 2.75) is 13.3 Å². The van der Waals surface area contributed by atoms with Crippen molar-refractivity contribution in [3.63, 3.8) is 0 Å². The Labute approximate surface area is 61.0 Å². The molecule has 1 aliphatic rings. The molecule has 1 aliphatic heterocycles. The highest BCUT2D eigenvalue weighted by Gasteiger charge is 2.41. The summed E-state index contributed by atoms with van der Waals surface area (Å²) in [6, 6.07) is 0. The fourth-order valence-corrected chi connectivity index (χ4v) is 1.15. The van der Waals surface area contributed by atoms with Crippen molar-refractivity contribution in [1.82, 2.24) is 5.32 Å². The van der Waals surface area contributed by atoms with Gasteiger partial charge in [-0.2, -0.15) is 0 Å². The van der Waals surface area contributed by atoms with E-state index in [1.165, 1.54) is 0 Å². The summed E-state index contributed by atoms with van der Waals surface area (Å²) in [5.74, 6) is 2.13. The first-order valence-electron chi connectivity index (χ1n) is 3.47. The molecule has 0 aromatic rings. The minimum absolute atomic E-state index is 0.0475. The molecule has 1 saturated heterocycles. The molecule has 1 N–H and O–H groups in total. The smallest absolute Gasteiger partial charge is 0.213 e. The Kier molecular flexibility index (Phi) is 1.78. The van der Waals surface area contributed by atoms with Crippen LogP contribution in [0, 0.1) is 17.8 Å². The largest absolute Gasteiger partial charge is 0.315 e. The fraction of sp³-hybridized carbons (Fsp3) is 0.625. The molecule has 0 aromatic heterocycles. The van der Waals surface area contributed by atoms with Crippen molar-refractivity contribution >= 4 is 5.78 Å². The number of carbonyl (C=O) groups excluding carboxylic acids is 1. The molecule has 54 valence electrons. The minimum Gasteiger partial charge on any atom is -0.315 e. The van der Waals surface area contributed by atoms with Gasteiger partial charge in [-0.05, 0) is 12.3 Å². The lowest BCUT2D eigenvalue weighted by Gasteiger charge is -2.38. The Morgan fingerprint density at radius 2 is 2.40 bits per heavy atom. The molecule has 2 nitrogen and oxygen atoms in total. The van der Waals surface area contributed by atoms with E-state index in [2.05, 4.69) is 11.2 Å². The molecule has 1 heterocycles. The highest BCUT2D eigenvalue weighted by Crippen LogP contribution is 2.27. The van der Waals surface area contributed by atoms with Gasteiger partial charge in [0.05, 0.1) is 5.41 Å². The van der Waals surface area contributed by atoms with Crippen LogP contribution in [0.4, 0.5) is 0 Å². The molecule has 0 aliphatic carbocycles. The van der Waals surface area contributed by atoms with Gasteiger partial charge in [0.1, 0.15) is 0 Å². The maximum Gasteiger partial charge on any atom is 0.213 e. The molecule has 2 heteroatoms. The highest BCUT2D eigenvalue weighted by molar-refractivity contribution is 6.00. The number of hydrogen-bond donors (Lipinski definition) is 1. The van der Waals surface area contributed by atoms with Gasteiger partial charge in [-0.3, -0.25) is 4.79 Å². The summed E-state index contributed by atoms with van der Waals surface area (Å²) in [5.41, 5.74) is -0.214. The molecule has 0 bridgehead atoms. The number of hydrogen-bond acceptors (Lipinski definition) is 2. The van der Waals surface area contributed by atoms with Gasteiger partial charge in [0.15, 0.2) is 0 Å². The summed E-state index contributed by atoms with van der Waals surface area (Å²) in [4.78, 5) is 11.1. The van der Waals surface area contributed by atoms with Crippen LogP contribution in [0.25, 0.3) is 0 Å². The van der Waals surface area contributed by atoms with E-state index in [1.54, 1.807) is 0 Å². The van der Waals surface area contributed by atoms with Crippen molar-refractivity contribution < 1.29 is 4.79 Å². The van der Waals surface area contributed by atoms with Gasteiger partial charge in [-0.25, -0.2) is 0 Å². The van der Waals surface area contributed by atoms with Crippen LogP contribution in [0.15, 0.2) is 0 Å². The molecule has 0 spiro atoms. The lowest BCUT2D eigenvalue weighted by atomic mass is 9.76. The first-order valence-corrected chi connectivity index (χ1v) is 3.47. The summed E-state index contributed by atoms with van der Waals surface area (Å²) < 4.78 is 0. The van der Waals surface area contributed by atoms with Crippen molar-refractivity contribution in [1.29, 1.82) is 0 Å². The summed E-state index contributed by atoms with van der Waals surface area (Å²) in [7, 11) is 0. The Bertz CT molecular complexity index is 180. The van der Waals surface area contributed by atoms with Gasteiger partial charge >= 0.3 is 0 Å². The zero-order valence-corrected chi connectivity index (χ0v) is 6.11. The average Bonchev–Trinajstić information content (AvgIpc) is 1.86. The molecule has 1 rings (SSSR count). The van der Waals surface area contributed by atoms with E-state index in [0.29, 0.717) is 0 Å². The molecular formula is C8H11NO. The molecular weight excluding hydrogens is 126 g/mol. The topological polar surface area (TPSA) is 29.1 Å². The van der Waals surface area contributed by atoms with E-state index in [9.17, 15) is 4.79 Å². The summed E-state index contributed by atoms with van der Waals surface area (Å²) in [6.07, 6.45) is 5.87. The van der Waals surface area contributed by atoms with Gasteiger partial charge in [-0.15, -0.1) is 6.42 Å². The number of terminal acetylenes is 1. The van der Waals surface area contributed by atoms with E-state index >= 15 is 0 Å². The molecule has 0 atom stereocenters. The van der Waals surface area contributed by atoms with Gasteiger partial charge in [0.2, 0.25) is 5.78 Å². The maximum absolute atomic E-state index is 11.1. The SMILES string of the molecule is C#CC(=O)C1(CC)CNC1. The van der Waals surface area contributed by atoms with Crippen LogP contribution in [-0.4, -0.2) is 18.9 Å². The third-order valence-electron chi connectivity index (χ3n) is 2.22. The highest BCUT2D eigenvalue weighted by atomic mass is 16.1. The van der Waals surface area contributed by atoms with E-state index in [-0.39, 0.29) is 11.2 Å². The number of carbonyl (C=O) groups is 1. The Morgan fingerprint density at radius 3 is 2.50 bits per heavy atom.